The van der Waals surface area contributed by atoms with Crippen molar-refractivity contribution in [2.75, 3.05) is 12.3 Å². The first-order valence-corrected chi connectivity index (χ1v) is 9.05. The molecule has 0 spiro atoms. The van der Waals surface area contributed by atoms with Crippen LogP contribution in [0.4, 0.5) is 0 Å². The minimum atomic E-state index is 0.00216. The van der Waals surface area contributed by atoms with Crippen LogP contribution in [0.3, 0.4) is 0 Å². The lowest BCUT2D eigenvalue weighted by atomic mass is 10.2. The molecular weight excluding hydrogens is 393 g/mol. The van der Waals surface area contributed by atoms with Crippen molar-refractivity contribution in [1.29, 1.82) is 0 Å². The molecule has 0 radical (unpaired) electrons. The number of nitrogens with one attached hydrogen (secondary N) is 1. The minimum Gasteiger partial charge on any atom is -0.351 e. The van der Waals surface area contributed by atoms with Crippen molar-refractivity contribution in [1.82, 2.24) is 5.32 Å². The van der Waals surface area contributed by atoms with E-state index >= 15 is 0 Å². The fourth-order valence-corrected chi connectivity index (χ4v) is 2.99. The smallest absolute Gasteiger partial charge is 0.251 e. The van der Waals surface area contributed by atoms with Gasteiger partial charge in [-0.15, -0.1) is 0 Å². The first kappa shape index (κ1) is 16.4. The summed E-state index contributed by atoms with van der Waals surface area (Å²) in [6, 6.07) is 16.2. The molecule has 0 heterocycles. The summed E-state index contributed by atoms with van der Waals surface area (Å²) in [4.78, 5) is 11.9. The van der Waals surface area contributed by atoms with Gasteiger partial charge in [-0.3, -0.25) is 4.79 Å². The van der Waals surface area contributed by atoms with Gasteiger partial charge in [0.15, 0.2) is 0 Å². The van der Waals surface area contributed by atoms with E-state index in [-0.39, 0.29) is 5.91 Å². The van der Waals surface area contributed by atoms with Crippen molar-refractivity contribution < 1.29 is 4.79 Å². The van der Waals surface area contributed by atoms with Crippen LogP contribution in [0, 0.1) is 10.5 Å². The molecule has 0 bridgehead atoms. The Hall–Kier alpha value is -1.01. The number of rotatable bonds is 6. The van der Waals surface area contributed by atoms with E-state index in [1.165, 1.54) is 11.1 Å². The van der Waals surface area contributed by atoms with E-state index in [2.05, 4.69) is 59.1 Å². The highest BCUT2D eigenvalue weighted by Crippen LogP contribution is 2.12. The van der Waals surface area contributed by atoms with Crippen LogP contribution in [0.25, 0.3) is 0 Å². The number of aryl methyl sites for hydroxylation is 1. The van der Waals surface area contributed by atoms with Gasteiger partial charge < -0.3 is 5.32 Å². The molecule has 0 aliphatic rings. The summed E-state index contributed by atoms with van der Waals surface area (Å²) in [5, 5.41) is 2.95. The number of halogens is 1. The zero-order valence-electron chi connectivity index (χ0n) is 11.9. The third-order valence-corrected chi connectivity index (χ3v) is 4.78. The topological polar surface area (TPSA) is 29.1 Å². The molecule has 2 aromatic rings. The van der Waals surface area contributed by atoms with Crippen molar-refractivity contribution in [3.05, 3.63) is 68.8 Å². The number of thioether (sulfide) groups is 1. The normalized spacial score (nSPS) is 10.4. The number of carbonyl (C=O) groups excluding carboxylic acids is 1. The Morgan fingerprint density at radius 1 is 1.10 bits per heavy atom. The molecule has 110 valence electrons. The van der Waals surface area contributed by atoms with Gasteiger partial charge in [0, 0.05) is 27.2 Å². The fraction of sp³-hybridized carbons (Fsp3) is 0.235. The number of amides is 1. The first-order valence-electron chi connectivity index (χ1n) is 6.82. The van der Waals surface area contributed by atoms with Crippen molar-refractivity contribution >= 4 is 40.3 Å². The van der Waals surface area contributed by atoms with Gasteiger partial charge >= 0.3 is 0 Å². The summed E-state index contributed by atoms with van der Waals surface area (Å²) in [6.45, 7) is 2.79. The third kappa shape index (κ3) is 5.71. The summed E-state index contributed by atoms with van der Waals surface area (Å²) in [5.74, 6) is 1.91. The van der Waals surface area contributed by atoms with Crippen LogP contribution in [0.1, 0.15) is 21.5 Å². The molecule has 0 aliphatic carbocycles. The molecule has 21 heavy (non-hydrogen) atoms. The van der Waals surface area contributed by atoms with Gasteiger partial charge in [0.25, 0.3) is 5.91 Å². The van der Waals surface area contributed by atoms with E-state index in [4.69, 9.17) is 0 Å². The molecule has 0 atom stereocenters. The van der Waals surface area contributed by atoms with Crippen LogP contribution in [0.2, 0.25) is 0 Å². The number of hydrogen-bond donors (Lipinski definition) is 1. The van der Waals surface area contributed by atoms with Gasteiger partial charge in [-0.05, 0) is 59.3 Å². The maximum absolute atomic E-state index is 11.9. The predicted molar refractivity (Wildman–Crippen MR) is 98.8 cm³/mol. The molecule has 1 amide bonds. The molecule has 0 saturated heterocycles. The van der Waals surface area contributed by atoms with E-state index in [1.54, 1.807) is 0 Å². The highest BCUT2D eigenvalue weighted by Gasteiger charge is 2.03. The van der Waals surface area contributed by atoms with Gasteiger partial charge in [-0.25, -0.2) is 0 Å². The van der Waals surface area contributed by atoms with Gasteiger partial charge in [0.1, 0.15) is 0 Å². The molecule has 2 nitrogen and oxygen atoms in total. The van der Waals surface area contributed by atoms with E-state index in [9.17, 15) is 4.79 Å². The average molecular weight is 411 g/mol. The molecule has 0 aromatic heterocycles. The Labute approximate surface area is 143 Å². The number of hydrogen-bond acceptors (Lipinski definition) is 2. The number of benzene rings is 2. The highest BCUT2D eigenvalue weighted by atomic mass is 127. The average Bonchev–Trinajstić information content (AvgIpc) is 2.49. The quantitative estimate of drug-likeness (QED) is 0.569. The van der Waals surface area contributed by atoms with Gasteiger partial charge in [-0.1, -0.05) is 29.8 Å². The summed E-state index contributed by atoms with van der Waals surface area (Å²) >= 11 is 4.07. The van der Waals surface area contributed by atoms with Gasteiger partial charge in [0.2, 0.25) is 0 Å². The SMILES string of the molecule is Cc1ccc(CSCCNC(=O)c2ccc(I)cc2)cc1. The van der Waals surface area contributed by atoms with Crippen LogP contribution in [0.5, 0.6) is 0 Å². The molecule has 2 rings (SSSR count). The second-order valence-electron chi connectivity index (χ2n) is 4.80. The van der Waals surface area contributed by atoms with Crippen LogP contribution in [0.15, 0.2) is 48.5 Å². The molecule has 0 unspecified atom stereocenters. The second-order valence-corrected chi connectivity index (χ2v) is 7.15. The lowest BCUT2D eigenvalue weighted by molar-refractivity contribution is 0.0956. The van der Waals surface area contributed by atoms with Gasteiger partial charge in [-0.2, -0.15) is 11.8 Å². The summed E-state index contributed by atoms with van der Waals surface area (Å²) in [6.07, 6.45) is 0. The third-order valence-electron chi connectivity index (χ3n) is 3.03. The van der Waals surface area contributed by atoms with Crippen molar-refractivity contribution in [3.63, 3.8) is 0 Å². The largest absolute Gasteiger partial charge is 0.351 e. The molecular formula is C17H18INOS. The van der Waals surface area contributed by atoms with Crippen LogP contribution in [-0.2, 0) is 5.75 Å². The van der Waals surface area contributed by atoms with E-state index in [1.807, 2.05) is 36.0 Å². The van der Waals surface area contributed by atoms with E-state index in [0.717, 1.165) is 20.6 Å². The molecule has 2 aromatic carbocycles. The van der Waals surface area contributed by atoms with Crippen molar-refractivity contribution in [2.24, 2.45) is 0 Å². The van der Waals surface area contributed by atoms with Crippen molar-refractivity contribution in [2.45, 2.75) is 12.7 Å². The molecule has 0 saturated carbocycles. The summed E-state index contributed by atoms with van der Waals surface area (Å²) < 4.78 is 1.14. The number of carbonyl (C=O) groups is 1. The Balaban J connectivity index is 1.66. The Morgan fingerprint density at radius 2 is 1.76 bits per heavy atom. The zero-order valence-corrected chi connectivity index (χ0v) is 14.9. The predicted octanol–water partition coefficient (Wildman–Crippen LogP) is 4.26. The second kappa shape index (κ2) is 8.44. The summed E-state index contributed by atoms with van der Waals surface area (Å²) in [7, 11) is 0. The lowest BCUT2D eigenvalue weighted by Gasteiger charge is -2.06. The highest BCUT2D eigenvalue weighted by molar-refractivity contribution is 14.1. The van der Waals surface area contributed by atoms with Crippen LogP contribution < -0.4 is 5.32 Å². The Morgan fingerprint density at radius 3 is 2.43 bits per heavy atom. The fourth-order valence-electron chi connectivity index (χ4n) is 1.81. The molecule has 0 fully saturated rings. The molecule has 4 heteroatoms. The van der Waals surface area contributed by atoms with Crippen LogP contribution in [-0.4, -0.2) is 18.2 Å². The van der Waals surface area contributed by atoms with Crippen LogP contribution >= 0.6 is 34.4 Å². The maximum Gasteiger partial charge on any atom is 0.251 e. The van der Waals surface area contributed by atoms with Crippen molar-refractivity contribution in [3.8, 4) is 0 Å². The molecule has 0 aliphatic heterocycles. The minimum absolute atomic E-state index is 0.00216. The van der Waals surface area contributed by atoms with E-state index < -0.39 is 0 Å². The Kier molecular flexibility index (Phi) is 6.57. The monoisotopic (exact) mass is 411 g/mol. The van der Waals surface area contributed by atoms with E-state index in [0.29, 0.717) is 6.54 Å². The van der Waals surface area contributed by atoms with Gasteiger partial charge in [0.05, 0.1) is 0 Å². The Bertz CT molecular complexity index is 581. The zero-order chi connectivity index (χ0) is 15.1. The first-order chi connectivity index (χ1) is 10.1. The lowest BCUT2D eigenvalue weighted by Crippen LogP contribution is -2.25. The maximum atomic E-state index is 11.9. The standard InChI is InChI=1S/C17H18INOS/c1-13-2-4-14(5-3-13)12-21-11-10-19-17(20)15-6-8-16(18)9-7-15/h2-9H,10-12H2,1H3,(H,19,20). The summed E-state index contributed by atoms with van der Waals surface area (Å²) in [5.41, 5.74) is 3.34. The molecule has 1 N–H and O–H groups in total.